The zero-order chi connectivity index (χ0) is 15.4. The topological polar surface area (TPSA) is 85.9 Å². The lowest BCUT2D eigenvalue weighted by molar-refractivity contribution is -0.385. The number of hydrogen-bond donors (Lipinski definition) is 1. The summed E-state index contributed by atoms with van der Waals surface area (Å²) in [6, 6.07) is 3.36. The maximum atomic E-state index is 10.7. The monoisotopic (exact) mass is 289 g/mol. The Morgan fingerprint density at radius 3 is 2.86 bits per heavy atom. The normalized spacial score (nSPS) is 10.9. The van der Waals surface area contributed by atoms with E-state index in [0.717, 1.165) is 13.0 Å². The molecule has 1 N–H and O–H groups in total. The lowest BCUT2D eigenvalue weighted by Gasteiger charge is -2.06. The van der Waals surface area contributed by atoms with E-state index in [0.29, 0.717) is 23.1 Å². The van der Waals surface area contributed by atoms with Gasteiger partial charge in [0, 0.05) is 24.9 Å². The Bertz CT molecular complexity index is 636. The molecule has 112 valence electrons. The van der Waals surface area contributed by atoms with Gasteiger partial charge in [0.15, 0.2) is 5.82 Å². The lowest BCUT2D eigenvalue weighted by Crippen LogP contribution is -2.03. The number of nitrogens with zero attached hydrogens (tertiary/aromatic N) is 4. The number of nitro groups is 1. The van der Waals surface area contributed by atoms with E-state index >= 15 is 0 Å². The van der Waals surface area contributed by atoms with E-state index in [4.69, 9.17) is 0 Å². The van der Waals surface area contributed by atoms with Gasteiger partial charge in [0.2, 0.25) is 0 Å². The second kappa shape index (κ2) is 6.34. The summed E-state index contributed by atoms with van der Waals surface area (Å²) >= 11 is 0. The average molecular weight is 289 g/mol. The standard InChI is InChI=1S/C14H19N5O2/c1-10(2)4-6-18-7-5-13(17-18)16-14-11(3)8-12(9-15-14)19(20)21/h5,7-10H,4,6H2,1-3H3,(H,15,16,17). The fourth-order valence-corrected chi connectivity index (χ4v) is 1.86. The molecule has 7 nitrogen and oxygen atoms in total. The van der Waals surface area contributed by atoms with Crippen molar-refractivity contribution in [3.63, 3.8) is 0 Å². The number of aryl methyl sites for hydroxylation is 2. The van der Waals surface area contributed by atoms with Gasteiger partial charge in [-0.3, -0.25) is 14.8 Å². The van der Waals surface area contributed by atoms with E-state index in [9.17, 15) is 10.1 Å². The van der Waals surface area contributed by atoms with E-state index in [1.54, 1.807) is 6.92 Å². The third kappa shape index (κ3) is 4.01. The molecule has 0 saturated heterocycles. The largest absolute Gasteiger partial charge is 0.323 e. The highest BCUT2D eigenvalue weighted by molar-refractivity contribution is 5.57. The van der Waals surface area contributed by atoms with Crippen molar-refractivity contribution in [2.75, 3.05) is 5.32 Å². The predicted molar refractivity (Wildman–Crippen MR) is 80.6 cm³/mol. The van der Waals surface area contributed by atoms with Crippen LogP contribution in [0.25, 0.3) is 0 Å². The molecule has 0 aliphatic rings. The zero-order valence-electron chi connectivity index (χ0n) is 12.4. The first-order chi connectivity index (χ1) is 9.95. The molecule has 0 bridgehead atoms. The van der Waals surface area contributed by atoms with Crippen molar-refractivity contribution in [1.29, 1.82) is 0 Å². The summed E-state index contributed by atoms with van der Waals surface area (Å²) in [6.07, 6.45) is 4.21. The maximum Gasteiger partial charge on any atom is 0.287 e. The molecule has 0 aromatic carbocycles. The summed E-state index contributed by atoms with van der Waals surface area (Å²) in [5.41, 5.74) is 0.696. The average Bonchev–Trinajstić information content (AvgIpc) is 2.86. The molecule has 2 aromatic heterocycles. The van der Waals surface area contributed by atoms with Crippen molar-refractivity contribution in [1.82, 2.24) is 14.8 Å². The minimum atomic E-state index is -0.454. The van der Waals surface area contributed by atoms with Gasteiger partial charge in [-0.15, -0.1) is 0 Å². The van der Waals surface area contributed by atoms with Crippen LogP contribution in [0.3, 0.4) is 0 Å². The van der Waals surface area contributed by atoms with Gasteiger partial charge in [0.1, 0.15) is 12.0 Å². The third-order valence-corrected chi connectivity index (χ3v) is 3.10. The molecule has 7 heteroatoms. The second-order valence-corrected chi connectivity index (χ2v) is 5.39. The van der Waals surface area contributed by atoms with Gasteiger partial charge >= 0.3 is 0 Å². The number of rotatable bonds is 6. The Morgan fingerprint density at radius 2 is 2.24 bits per heavy atom. The summed E-state index contributed by atoms with van der Waals surface area (Å²) in [5, 5.41) is 18.2. The Hall–Kier alpha value is -2.44. The molecule has 0 atom stereocenters. The minimum Gasteiger partial charge on any atom is -0.323 e. The molecule has 21 heavy (non-hydrogen) atoms. The van der Waals surface area contributed by atoms with Gasteiger partial charge in [-0.05, 0) is 24.8 Å². The van der Waals surface area contributed by atoms with Crippen LogP contribution in [0, 0.1) is 23.0 Å². The molecule has 0 unspecified atom stereocenters. The van der Waals surface area contributed by atoms with Crippen LogP contribution in [-0.4, -0.2) is 19.7 Å². The highest BCUT2D eigenvalue weighted by Gasteiger charge is 2.10. The van der Waals surface area contributed by atoms with Crippen LogP contribution in [0.5, 0.6) is 0 Å². The van der Waals surface area contributed by atoms with Gasteiger partial charge in [0.25, 0.3) is 5.69 Å². The van der Waals surface area contributed by atoms with Gasteiger partial charge in [-0.1, -0.05) is 13.8 Å². The van der Waals surface area contributed by atoms with Crippen molar-refractivity contribution in [2.24, 2.45) is 5.92 Å². The van der Waals surface area contributed by atoms with Crippen LogP contribution in [-0.2, 0) is 6.54 Å². The Balaban J connectivity index is 2.06. The molecule has 0 aliphatic carbocycles. The van der Waals surface area contributed by atoms with Gasteiger partial charge in [-0.2, -0.15) is 5.10 Å². The van der Waals surface area contributed by atoms with Crippen LogP contribution >= 0.6 is 0 Å². The van der Waals surface area contributed by atoms with E-state index < -0.39 is 4.92 Å². The van der Waals surface area contributed by atoms with Crippen molar-refractivity contribution in [3.8, 4) is 0 Å². The molecule has 2 aromatic rings. The lowest BCUT2D eigenvalue weighted by atomic mass is 10.1. The van der Waals surface area contributed by atoms with Gasteiger partial charge in [0.05, 0.1) is 4.92 Å². The summed E-state index contributed by atoms with van der Waals surface area (Å²) in [7, 11) is 0. The molecule has 2 rings (SSSR count). The van der Waals surface area contributed by atoms with E-state index in [-0.39, 0.29) is 5.69 Å². The molecular formula is C14H19N5O2. The zero-order valence-corrected chi connectivity index (χ0v) is 12.4. The molecule has 0 radical (unpaired) electrons. The number of pyridine rings is 1. The van der Waals surface area contributed by atoms with Crippen LogP contribution in [0.1, 0.15) is 25.8 Å². The SMILES string of the molecule is Cc1cc([N+](=O)[O-])cnc1Nc1ccn(CCC(C)C)n1. The predicted octanol–water partition coefficient (Wildman–Crippen LogP) is 3.28. The fourth-order valence-electron chi connectivity index (χ4n) is 1.86. The third-order valence-electron chi connectivity index (χ3n) is 3.10. The van der Waals surface area contributed by atoms with Crippen LogP contribution < -0.4 is 5.32 Å². The maximum absolute atomic E-state index is 10.7. The number of nitrogens with one attached hydrogen (secondary N) is 1. The van der Waals surface area contributed by atoms with Gasteiger partial charge < -0.3 is 5.32 Å². The van der Waals surface area contributed by atoms with Crippen molar-refractivity contribution >= 4 is 17.3 Å². The summed E-state index contributed by atoms with van der Waals surface area (Å²) in [5.74, 6) is 1.89. The smallest absolute Gasteiger partial charge is 0.287 e. The van der Waals surface area contributed by atoms with E-state index in [1.807, 2.05) is 16.9 Å². The van der Waals surface area contributed by atoms with E-state index in [1.165, 1.54) is 12.3 Å². The Labute approximate surface area is 123 Å². The first-order valence-corrected chi connectivity index (χ1v) is 6.87. The second-order valence-electron chi connectivity index (χ2n) is 5.39. The molecule has 0 aliphatic heterocycles. The molecule has 0 fully saturated rings. The molecule has 0 amide bonds. The Morgan fingerprint density at radius 1 is 1.48 bits per heavy atom. The minimum absolute atomic E-state index is 0.0134. The number of hydrogen-bond acceptors (Lipinski definition) is 5. The number of aromatic nitrogens is 3. The fraction of sp³-hybridized carbons (Fsp3) is 0.429. The van der Waals surface area contributed by atoms with Crippen molar-refractivity contribution in [3.05, 3.63) is 40.2 Å². The first kappa shape index (κ1) is 15.0. The highest BCUT2D eigenvalue weighted by atomic mass is 16.6. The molecule has 2 heterocycles. The number of anilines is 2. The molecule has 0 spiro atoms. The van der Waals surface area contributed by atoms with Crippen LogP contribution in [0.2, 0.25) is 0 Å². The molecular weight excluding hydrogens is 270 g/mol. The van der Waals surface area contributed by atoms with E-state index in [2.05, 4.69) is 29.2 Å². The highest BCUT2D eigenvalue weighted by Crippen LogP contribution is 2.20. The summed E-state index contributed by atoms with van der Waals surface area (Å²) in [4.78, 5) is 14.3. The first-order valence-electron chi connectivity index (χ1n) is 6.87. The molecule has 0 saturated carbocycles. The summed E-state index contributed by atoms with van der Waals surface area (Å²) in [6.45, 7) is 6.99. The Kier molecular flexibility index (Phi) is 4.52. The van der Waals surface area contributed by atoms with Crippen LogP contribution in [0.15, 0.2) is 24.5 Å². The van der Waals surface area contributed by atoms with Crippen LogP contribution in [0.4, 0.5) is 17.3 Å². The summed E-state index contributed by atoms with van der Waals surface area (Å²) < 4.78 is 1.88. The van der Waals surface area contributed by atoms with Crippen molar-refractivity contribution < 1.29 is 4.92 Å². The quantitative estimate of drug-likeness (QED) is 0.651. The van der Waals surface area contributed by atoms with Crippen molar-refractivity contribution in [2.45, 2.75) is 33.7 Å². The van der Waals surface area contributed by atoms with Gasteiger partial charge in [-0.25, -0.2) is 4.98 Å².